The molecule has 0 unspecified atom stereocenters. The van der Waals surface area contributed by atoms with Crippen molar-refractivity contribution >= 4 is 11.8 Å². The molecule has 0 bridgehead atoms. The molecule has 2 rings (SSSR count). The van der Waals surface area contributed by atoms with Gasteiger partial charge in [-0.05, 0) is 31.2 Å². The van der Waals surface area contributed by atoms with Crippen molar-refractivity contribution in [3.05, 3.63) is 59.9 Å². The SMILES string of the molecule is Cc1ccc(OCCC(=O)NNC(=O)COc2ccccc2F)cc1. The van der Waals surface area contributed by atoms with Gasteiger partial charge in [-0.1, -0.05) is 29.8 Å². The summed E-state index contributed by atoms with van der Waals surface area (Å²) in [7, 11) is 0. The van der Waals surface area contributed by atoms with Crippen LogP contribution in [-0.2, 0) is 9.59 Å². The maximum absolute atomic E-state index is 13.3. The largest absolute Gasteiger partial charge is 0.493 e. The number of hydrogen-bond acceptors (Lipinski definition) is 4. The summed E-state index contributed by atoms with van der Waals surface area (Å²) < 4.78 is 23.7. The van der Waals surface area contributed by atoms with E-state index in [1.54, 1.807) is 6.07 Å². The fraction of sp³-hybridized carbons (Fsp3) is 0.222. The predicted octanol–water partition coefficient (Wildman–Crippen LogP) is 2.13. The van der Waals surface area contributed by atoms with Gasteiger partial charge in [0, 0.05) is 0 Å². The molecule has 0 aliphatic rings. The Hall–Kier alpha value is -3.09. The zero-order valence-electron chi connectivity index (χ0n) is 13.8. The molecule has 0 atom stereocenters. The van der Waals surface area contributed by atoms with Crippen LogP contribution < -0.4 is 20.3 Å². The lowest BCUT2D eigenvalue weighted by atomic mass is 10.2. The molecule has 0 spiro atoms. The average molecular weight is 346 g/mol. The highest BCUT2D eigenvalue weighted by Crippen LogP contribution is 2.14. The van der Waals surface area contributed by atoms with Crippen molar-refractivity contribution in [3.63, 3.8) is 0 Å². The molecule has 2 aromatic rings. The van der Waals surface area contributed by atoms with Gasteiger partial charge in [0.2, 0.25) is 5.91 Å². The second-order valence-electron chi connectivity index (χ2n) is 5.23. The van der Waals surface area contributed by atoms with Crippen LogP contribution in [0.1, 0.15) is 12.0 Å². The van der Waals surface area contributed by atoms with Crippen LogP contribution in [0.2, 0.25) is 0 Å². The Morgan fingerprint density at radius 1 is 0.960 bits per heavy atom. The molecule has 25 heavy (non-hydrogen) atoms. The quantitative estimate of drug-likeness (QED) is 0.753. The summed E-state index contributed by atoms with van der Waals surface area (Å²) in [6.07, 6.45) is 0.0718. The van der Waals surface area contributed by atoms with Crippen LogP contribution in [0.3, 0.4) is 0 Å². The molecule has 6 nitrogen and oxygen atoms in total. The molecule has 0 fully saturated rings. The molecule has 132 valence electrons. The van der Waals surface area contributed by atoms with Crippen molar-refractivity contribution < 1.29 is 23.5 Å². The number of rotatable bonds is 7. The molecule has 0 heterocycles. The number of nitrogens with one attached hydrogen (secondary N) is 2. The van der Waals surface area contributed by atoms with E-state index < -0.39 is 24.2 Å². The highest BCUT2D eigenvalue weighted by molar-refractivity contribution is 5.82. The van der Waals surface area contributed by atoms with Crippen molar-refractivity contribution in [3.8, 4) is 11.5 Å². The van der Waals surface area contributed by atoms with Crippen LogP contribution in [-0.4, -0.2) is 25.0 Å². The molecular formula is C18H19FN2O4. The van der Waals surface area contributed by atoms with E-state index in [1.807, 2.05) is 31.2 Å². The van der Waals surface area contributed by atoms with Crippen molar-refractivity contribution in [2.24, 2.45) is 0 Å². The molecule has 0 aliphatic carbocycles. The van der Waals surface area contributed by atoms with Gasteiger partial charge < -0.3 is 9.47 Å². The Balaban J connectivity index is 1.61. The van der Waals surface area contributed by atoms with Crippen LogP contribution in [0.5, 0.6) is 11.5 Å². The number of carbonyl (C=O) groups is 2. The van der Waals surface area contributed by atoms with Gasteiger partial charge >= 0.3 is 0 Å². The third kappa shape index (κ3) is 6.50. The number of aryl methyl sites for hydroxylation is 1. The number of hydrogen-bond donors (Lipinski definition) is 2. The van der Waals surface area contributed by atoms with E-state index in [0.29, 0.717) is 5.75 Å². The average Bonchev–Trinajstić information content (AvgIpc) is 2.61. The zero-order valence-corrected chi connectivity index (χ0v) is 13.8. The van der Waals surface area contributed by atoms with Gasteiger partial charge in [0.25, 0.3) is 5.91 Å². The summed E-state index contributed by atoms with van der Waals surface area (Å²) in [5.74, 6) is -0.939. The summed E-state index contributed by atoms with van der Waals surface area (Å²) in [5, 5.41) is 0. The van der Waals surface area contributed by atoms with E-state index in [0.717, 1.165) is 5.56 Å². The van der Waals surface area contributed by atoms with E-state index in [4.69, 9.17) is 9.47 Å². The minimum Gasteiger partial charge on any atom is -0.493 e. The Morgan fingerprint density at radius 3 is 2.36 bits per heavy atom. The Kier molecular flexibility index (Phi) is 6.76. The van der Waals surface area contributed by atoms with E-state index in [2.05, 4.69) is 10.9 Å². The molecule has 2 aromatic carbocycles. The first kappa shape index (κ1) is 18.3. The first-order valence-electron chi connectivity index (χ1n) is 7.69. The van der Waals surface area contributed by atoms with Gasteiger partial charge in [-0.3, -0.25) is 20.4 Å². The summed E-state index contributed by atoms with van der Waals surface area (Å²) in [4.78, 5) is 23.2. The maximum atomic E-state index is 13.3. The standard InChI is InChI=1S/C18H19FN2O4/c1-13-6-8-14(9-7-13)24-11-10-17(22)20-21-18(23)12-25-16-5-3-2-4-15(16)19/h2-9H,10-12H2,1H3,(H,20,22)(H,21,23). The van der Waals surface area contributed by atoms with Crippen LogP contribution in [0.4, 0.5) is 4.39 Å². The lowest BCUT2D eigenvalue weighted by molar-refractivity contribution is -0.130. The van der Waals surface area contributed by atoms with Crippen LogP contribution in [0, 0.1) is 12.7 Å². The first-order chi connectivity index (χ1) is 12.0. The van der Waals surface area contributed by atoms with Crippen molar-refractivity contribution in [1.29, 1.82) is 0 Å². The van der Waals surface area contributed by atoms with Gasteiger partial charge in [-0.15, -0.1) is 0 Å². The molecule has 0 saturated heterocycles. The molecule has 2 N–H and O–H groups in total. The predicted molar refractivity (Wildman–Crippen MR) is 89.5 cm³/mol. The number of halogens is 1. The molecule has 0 radical (unpaired) electrons. The second kappa shape index (κ2) is 9.27. The third-order valence-corrected chi connectivity index (χ3v) is 3.16. The maximum Gasteiger partial charge on any atom is 0.276 e. The molecule has 0 aromatic heterocycles. The van der Waals surface area contributed by atoms with E-state index >= 15 is 0 Å². The van der Waals surface area contributed by atoms with Gasteiger partial charge in [-0.25, -0.2) is 4.39 Å². The number of para-hydroxylation sites is 1. The van der Waals surface area contributed by atoms with Crippen LogP contribution in [0.25, 0.3) is 0 Å². The topological polar surface area (TPSA) is 76.7 Å². The summed E-state index contributed by atoms with van der Waals surface area (Å²) >= 11 is 0. The second-order valence-corrected chi connectivity index (χ2v) is 5.23. The highest BCUT2D eigenvalue weighted by atomic mass is 19.1. The molecule has 0 saturated carbocycles. The number of amides is 2. The van der Waals surface area contributed by atoms with E-state index in [1.165, 1.54) is 18.2 Å². The summed E-state index contributed by atoms with van der Waals surface area (Å²) in [6, 6.07) is 13.2. The first-order valence-corrected chi connectivity index (χ1v) is 7.69. The lowest BCUT2D eigenvalue weighted by Crippen LogP contribution is -2.44. The van der Waals surface area contributed by atoms with Crippen molar-refractivity contribution in [2.45, 2.75) is 13.3 Å². The van der Waals surface area contributed by atoms with Crippen molar-refractivity contribution in [1.82, 2.24) is 10.9 Å². The smallest absolute Gasteiger partial charge is 0.276 e. The Labute approximate surface area is 144 Å². The molecule has 7 heteroatoms. The third-order valence-electron chi connectivity index (χ3n) is 3.16. The normalized spacial score (nSPS) is 10.0. The van der Waals surface area contributed by atoms with Gasteiger partial charge in [0.15, 0.2) is 18.2 Å². The Morgan fingerprint density at radius 2 is 1.64 bits per heavy atom. The fourth-order valence-electron chi connectivity index (χ4n) is 1.84. The summed E-state index contributed by atoms with van der Waals surface area (Å²) in [5.41, 5.74) is 5.54. The lowest BCUT2D eigenvalue weighted by Gasteiger charge is -2.10. The Bertz CT molecular complexity index is 719. The number of hydrazine groups is 1. The molecular weight excluding hydrogens is 327 g/mol. The van der Waals surface area contributed by atoms with E-state index in [9.17, 15) is 14.0 Å². The minimum absolute atomic E-state index is 0.0320. The van der Waals surface area contributed by atoms with E-state index in [-0.39, 0.29) is 18.8 Å². The fourth-order valence-corrected chi connectivity index (χ4v) is 1.84. The van der Waals surface area contributed by atoms with Gasteiger partial charge in [0.05, 0.1) is 13.0 Å². The summed E-state index contributed by atoms with van der Waals surface area (Å²) in [6.45, 7) is 1.73. The molecule has 0 aliphatic heterocycles. The zero-order chi connectivity index (χ0) is 18.1. The van der Waals surface area contributed by atoms with Crippen LogP contribution in [0.15, 0.2) is 48.5 Å². The minimum atomic E-state index is -0.601. The van der Waals surface area contributed by atoms with Crippen molar-refractivity contribution in [2.75, 3.05) is 13.2 Å². The van der Waals surface area contributed by atoms with Gasteiger partial charge in [-0.2, -0.15) is 0 Å². The number of ether oxygens (including phenoxy) is 2. The molecule has 2 amide bonds. The number of carbonyl (C=O) groups excluding carboxylic acids is 2. The van der Waals surface area contributed by atoms with Gasteiger partial charge in [0.1, 0.15) is 5.75 Å². The highest BCUT2D eigenvalue weighted by Gasteiger charge is 2.08. The monoisotopic (exact) mass is 346 g/mol. The van der Waals surface area contributed by atoms with Crippen LogP contribution >= 0.6 is 0 Å². The number of benzene rings is 2.